The lowest BCUT2D eigenvalue weighted by Gasteiger charge is -2.11. The van der Waals surface area contributed by atoms with Crippen LogP contribution in [0.5, 0.6) is 0 Å². The first-order valence-corrected chi connectivity index (χ1v) is 11.1. The first-order chi connectivity index (χ1) is 14.6. The van der Waals surface area contributed by atoms with Crippen LogP contribution in [0.3, 0.4) is 0 Å². The zero-order valence-corrected chi connectivity index (χ0v) is 18.0. The van der Waals surface area contributed by atoms with E-state index < -0.39 is 18.5 Å². The van der Waals surface area contributed by atoms with Gasteiger partial charge in [0.1, 0.15) is 4.88 Å². The smallest absolute Gasteiger partial charge is 0.350 e. The van der Waals surface area contributed by atoms with E-state index in [0.717, 1.165) is 19.9 Å². The molecule has 0 fully saturated rings. The second-order valence-corrected chi connectivity index (χ2v) is 8.82. The van der Waals surface area contributed by atoms with E-state index in [-0.39, 0.29) is 0 Å². The van der Waals surface area contributed by atoms with Crippen LogP contribution in [-0.4, -0.2) is 18.5 Å². The Kier molecular flexibility index (Phi) is 6.38. The topological polar surface area (TPSA) is 55.4 Å². The molecule has 4 rings (SSSR count). The average molecular weight is 454 g/mol. The van der Waals surface area contributed by atoms with Crippen LogP contribution in [0.1, 0.15) is 9.67 Å². The number of para-hydroxylation sites is 1. The van der Waals surface area contributed by atoms with Crippen LogP contribution in [0.2, 0.25) is 5.02 Å². The number of benzene rings is 3. The number of hydrogen-bond acceptors (Lipinski definition) is 5. The summed E-state index contributed by atoms with van der Waals surface area (Å²) in [6.07, 6.45) is 0. The highest BCUT2D eigenvalue weighted by molar-refractivity contribution is 7.99. The van der Waals surface area contributed by atoms with E-state index in [1.54, 1.807) is 11.8 Å². The Bertz CT molecular complexity index is 1210. The number of esters is 1. The van der Waals surface area contributed by atoms with E-state index in [4.69, 9.17) is 16.3 Å². The minimum absolute atomic E-state index is 0.297. The number of fused-ring (bicyclic) bond motifs is 1. The van der Waals surface area contributed by atoms with Gasteiger partial charge in [-0.3, -0.25) is 4.79 Å². The normalized spacial score (nSPS) is 10.7. The first-order valence-electron chi connectivity index (χ1n) is 9.08. The molecule has 4 nitrogen and oxygen atoms in total. The van der Waals surface area contributed by atoms with Crippen LogP contribution >= 0.6 is 34.7 Å². The van der Waals surface area contributed by atoms with Crippen LogP contribution in [0.4, 0.5) is 5.69 Å². The molecule has 7 heteroatoms. The van der Waals surface area contributed by atoms with Crippen molar-refractivity contribution in [2.24, 2.45) is 0 Å². The van der Waals surface area contributed by atoms with Crippen molar-refractivity contribution in [1.82, 2.24) is 0 Å². The molecule has 4 aromatic rings. The Morgan fingerprint density at radius 1 is 0.933 bits per heavy atom. The van der Waals surface area contributed by atoms with Gasteiger partial charge < -0.3 is 10.1 Å². The number of amides is 1. The van der Waals surface area contributed by atoms with Crippen molar-refractivity contribution < 1.29 is 14.3 Å². The van der Waals surface area contributed by atoms with Crippen molar-refractivity contribution in [3.05, 3.63) is 88.8 Å². The van der Waals surface area contributed by atoms with Gasteiger partial charge in [-0.1, -0.05) is 71.9 Å². The quantitative estimate of drug-likeness (QED) is 0.338. The minimum Gasteiger partial charge on any atom is -0.451 e. The fourth-order valence-corrected chi connectivity index (χ4v) is 5.13. The number of hydrogen-bond donors (Lipinski definition) is 1. The Balaban J connectivity index is 1.40. The molecule has 1 amide bonds. The largest absolute Gasteiger partial charge is 0.451 e. The van der Waals surface area contributed by atoms with Gasteiger partial charge in [0.25, 0.3) is 5.91 Å². The van der Waals surface area contributed by atoms with Crippen LogP contribution in [0.25, 0.3) is 10.1 Å². The first kappa shape index (κ1) is 20.5. The summed E-state index contributed by atoms with van der Waals surface area (Å²) in [5, 5.41) is 3.96. The monoisotopic (exact) mass is 453 g/mol. The van der Waals surface area contributed by atoms with E-state index in [1.807, 2.05) is 78.9 Å². The third-order valence-electron chi connectivity index (χ3n) is 4.19. The third-order valence-corrected chi connectivity index (χ3v) is 6.93. The molecular formula is C23H16ClNO3S2. The summed E-state index contributed by atoms with van der Waals surface area (Å²) in [7, 11) is 0. The van der Waals surface area contributed by atoms with Gasteiger partial charge in [0, 0.05) is 19.9 Å². The molecule has 30 heavy (non-hydrogen) atoms. The van der Waals surface area contributed by atoms with Gasteiger partial charge in [-0.15, -0.1) is 11.3 Å². The van der Waals surface area contributed by atoms with Gasteiger partial charge >= 0.3 is 5.97 Å². The zero-order valence-electron chi connectivity index (χ0n) is 15.6. The lowest BCUT2D eigenvalue weighted by atomic mass is 10.2. The van der Waals surface area contributed by atoms with Crippen molar-refractivity contribution >= 4 is 62.3 Å². The summed E-state index contributed by atoms with van der Waals surface area (Å²) in [5.41, 5.74) is 0.660. The molecular weight excluding hydrogens is 438 g/mol. The maximum Gasteiger partial charge on any atom is 0.350 e. The lowest BCUT2D eigenvalue weighted by molar-refractivity contribution is -0.119. The van der Waals surface area contributed by atoms with Gasteiger partial charge in [0.05, 0.1) is 10.7 Å². The van der Waals surface area contributed by atoms with E-state index >= 15 is 0 Å². The number of thiophene rings is 1. The highest BCUT2D eigenvalue weighted by Gasteiger charge is 2.19. The molecule has 0 unspecified atom stereocenters. The van der Waals surface area contributed by atoms with Crippen molar-refractivity contribution in [3.8, 4) is 0 Å². The SMILES string of the molecule is O=C(COC(=O)c1sc2ccccc2c1Cl)Nc1ccccc1Sc1ccccc1. The molecule has 150 valence electrons. The number of ether oxygens (including phenoxy) is 1. The van der Waals surface area contributed by atoms with Crippen LogP contribution in [-0.2, 0) is 9.53 Å². The summed E-state index contributed by atoms with van der Waals surface area (Å²) >= 11 is 9.09. The van der Waals surface area contributed by atoms with Crippen LogP contribution in [0, 0.1) is 0 Å². The standard InChI is InChI=1S/C23H16ClNO3S2/c24-21-16-10-4-6-12-18(16)30-22(21)23(27)28-14-20(26)25-17-11-5-7-13-19(17)29-15-8-2-1-3-9-15/h1-13H,14H2,(H,25,26). The van der Waals surface area contributed by atoms with Gasteiger partial charge in [-0.25, -0.2) is 4.79 Å². The Morgan fingerprint density at radius 2 is 1.63 bits per heavy atom. The molecule has 0 atom stereocenters. The zero-order chi connectivity index (χ0) is 20.9. The number of rotatable bonds is 6. The van der Waals surface area contributed by atoms with Crippen molar-refractivity contribution in [2.75, 3.05) is 11.9 Å². The van der Waals surface area contributed by atoms with E-state index in [2.05, 4.69) is 5.32 Å². The maximum absolute atomic E-state index is 12.4. The van der Waals surface area contributed by atoms with Gasteiger partial charge in [0.15, 0.2) is 6.61 Å². The third kappa shape index (κ3) is 4.67. The predicted molar refractivity (Wildman–Crippen MR) is 123 cm³/mol. The van der Waals surface area contributed by atoms with E-state index in [0.29, 0.717) is 15.6 Å². The van der Waals surface area contributed by atoms with Gasteiger partial charge in [-0.05, 0) is 30.3 Å². The predicted octanol–water partition coefficient (Wildman–Crippen LogP) is 6.50. The molecule has 0 aliphatic rings. The molecule has 0 bridgehead atoms. The summed E-state index contributed by atoms with van der Waals surface area (Å²) in [4.78, 5) is 27.1. The number of carbonyl (C=O) groups is 2. The Morgan fingerprint density at radius 3 is 2.43 bits per heavy atom. The van der Waals surface area contributed by atoms with Crippen LogP contribution < -0.4 is 5.32 Å². The summed E-state index contributed by atoms with van der Waals surface area (Å²) < 4.78 is 6.09. The molecule has 0 saturated carbocycles. The number of halogens is 1. The number of anilines is 1. The molecule has 3 aromatic carbocycles. The molecule has 0 aliphatic heterocycles. The highest BCUT2D eigenvalue weighted by atomic mass is 35.5. The van der Waals surface area contributed by atoms with Gasteiger partial charge in [0.2, 0.25) is 0 Å². The summed E-state index contributed by atoms with van der Waals surface area (Å²) in [5.74, 6) is -1.02. The molecule has 0 radical (unpaired) electrons. The minimum atomic E-state index is -0.608. The summed E-state index contributed by atoms with van der Waals surface area (Å²) in [6, 6.07) is 24.8. The van der Waals surface area contributed by atoms with E-state index in [9.17, 15) is 9.59 Å². The van der Waals surface area contributed by atoms with Crippen molar-refractivity contribution in [3.63, 3.8) is 0 Å². The molecule has 1 heterocycles. The molecule has 1 N–H and O–H groups in total. The number of carbonyl (C=O) groups excluding carboxylic acids is 2. The maximum atomic E-state index is 12.4. The molecule has 1 aromatic heterocycles. The number of nitrogens with one attached hydrogen (secondary N) is 1. The van der Waals surface area contributed by atoms with Crippen molar-refractivity contribution in [1.29, 1.82) is 0 Å². The Labute approximate surface area is 186 Å². The Hall–Kier alpha value is -2.80. The molecule has 0 saturated heterocycles. The highest BCUT2D eigenvalue weighted by Crippen LogP contribution is 2.36. The van der Waals surface area contributed by atoms with Crippen molar-refractivity contribution in [2.45, 2.75) is 9.79 Å². The van der Waals surface area contributed by atoms with Gasteiger partial charge in [-0.2, -0.15) is 0 Å². The van der Waals surface area contributed by atoms with E-state index in [1.165, 1.54) is 11.3 Å². The lowest BCUT2D eigenvalue weighted by Crippen LogP contribution is -2.21. The summed E-state index contributed by atoms with van der Waals surface area (Å²) in [6.45, 7) is -0.395. The fraction of sp³-hybridized carbons (Fsp3) is 0.0435. The molecule has 0 spiro atoms. The average Bonchev–Trinajstić information content (AvgIpc) is 3.11. The fourth-order valence-electron chi connectivity index (χ4n) is 2.80. The second kappa shape index (κ2) is 9.34. The van der Waals surface area contributed by atoms with Crippen LogP contribution in [0.15, 0.2) is 88.7 Å². The second-order valence-electron chi connectivity index (χ2n) is 6.28. The molecule has 0 aliphatic carbocycles.